The monoisotopic (exact) mass is 270 g/mol. The molecule has 4 heteroatoms. The minimum Gasteiger partial charge on any atom is -0.371 e. The van der Waals surface area contributed by atoms with Crippen LogP contribution in [0.1, 0.15) is 18.4 Å². The second-order valence-electron chi connectivity index (χ2n) is 5.10. The summed E-state index contributed by atoms with van der Waals surface area (Å²) in [4.78, 5) is 4.52. The highest BCUT2D eigenvalue weighted by atomic mass is 35.5. The van der Waals surface area contributed by atoms with E-state index in [-0.39, 0.29) is 5.82 Å². The zero-order valence-corrected chi connectivity index (χ0v) is 11.8. The van der Waals surface area contributed by atoms with Gasteiger partial charge in [0, 0.05) is 24.7 Å². The molecule has 0 aromatic heterocycles. The second kappa shape index (κ2) is 5.89. The Labute approximate surface area is 113 Å². The molecule has 18 heavy (non-hydrogen) atoms. The van der Waals surface area contributed by atoms with Crippen LogP contribution in [-0.4, -0.2) is 38.1 Å². The molecule has 0 atom stereocenters. The molecule has 1 aliphatic heterocycles. The van der Waals surface area contributed by atoms with Gasteiger partial charge in [0.2, 0.25) is 0 Å². The number of likely N-dealkylation sites (tertiary alicyclic amines) is 1. The maximum absolute atomic E-state index is 13.5. The molecule has 0 aliphatic carbocycles. The third-order valence-electron chi connectivity index (χ3n) is 3.74. The molecule has 0 saturated carbocycles. The summed E-state index contributed by atoms with van der Waals surface area (Å²) >= 11 is 5.79. The molecule has 1 aliphatic rings. The fourth-order valence-electron chi connectivity index (χ4n) is 2.51. The maximum Gasteiger partial charge on any atom is 0.125 e. The molecule has 0 unspecified atom stereocenters. The van der Waals surface area contributed by atoms with E-state index in [2.05, 4.69) is 16.8 Å². The molecule has 0 spiro atoms. The van der Waals surface area contributed by atoms with Gasteiger partial charge in [-0.25, -0.2) is 4.39 Å². The lowest BCUT2D eigenvalue weighted by molar-refractivity contribution is 0.253. The van der Waals surface area contributed by atoms with Crippen LogP contribution in [0.15, 0.2) is 18.2 Å². The number of halogens is 2. The first-order valence-corrected chi connectivity index (χ1v) is 6.90. The first-order chi connectivity index (χ1) is 8.60. The van der Waals surface area contributed by atoms with Gasteiger partial charge in [0.1, 0.15) is 5.82 Å². The number of anilines is 1. The Balaban J connectivity index is 2.12. The highest BCUT2D eigenvalue weighted by Crippen LogP contribution is 2.24. The van der Waals surface area contributed by atoms with Crippen molar-refractivity contribution in [1.29, 1.82) is 0 Å². The Kier molecular flexibility index (Phi) is 4.46. The molecule has 1 aromatic carbocycles. The molecule has 100 valence electrons. The normalized spacial score (nSPS) is 18.0. The van der Waals surface area contributed by atoms with E-state index in [1.165, 1.54) is 6.07 Å². The molecule has 0 bridgehead atoms. The van der Waals surface area contributed by atoms with Gasteiger partial charge < -0.3 is 9.80 Å². The number of benzene rings is 1. The fourth-order valence-corrected chi connectivity index (χ4v) is 2.66. The van der Waals surface area contributed by atoms with E-state index in [1.54, 1.807) is 6.07 Å². The van der Waals surface area contributed by atoms with Crippen molar-refractivity contribution < 1.29 is 4.39 Å². The van der Waals surface area contributed by atoms with Gasteiger partial charge in [0.15, 0.2) is 0 Å². The van der Waals surface area contributed by atoms with E-state index >= 15 is 0 Å². The summed E-state index contributed by atoms with van der Waals surface area (Å²) in [5, 5.41) is 0. The van der Waals surface area contributed by atoms with Crippen molar-refractivity contribution in [3.8, 4) is 0 Å². The minimum absolute atomic E-state index is 0.206. The number of piperidine rings is 1. The van der Waals surface area contributed by atoms with Crippen LogP contribution in [0.5, 0.6) is 0 Å². The van der Waals surface area contributed by atoms with Crippen LogP contribution < -0.4 is 4.90 Å². The molecule has 1 saturated heterocycles. The smallest absolute Gasteiger partial charge is 0.125 e. The van der Waals surface area contributed by atoms with Crippen molar-refractivity contribution in [2.24, 2.45) is 0 Å². The topological polar surface area (TPSA) is 6.48 Å². The van der Waals surface area contributed by atoms with Gasteiger partial charge >= 0.3 is 0 Å². The van der Waals surface area contributed by atoms with Crippen LogP contribution in [0.2, 0.25) is 0 Å². The van der Waals surface area contributed by atoms with Crippen LogP contribution in [0.25, 0.3) is 0 Å². The standard InChI is InChI=1S/C14H20ClFN2/c1-17-5-3-13(4-6-17)18(2)14-8-11(10-15)7-12(16)9-14/h7-9,13H,3-6,10H2,1-2H3. The molecule has 1 heterocycles. The van der Waals surface area contributed by atoms with E-state index in [4.69, 9.17) is 11.6 Å². The molecule has 0 amide bonds. The van der Waals surface area contributed by atoms with E-state index < -0.39 is 0 Å². The SMILES string of the molecule is CN1CCC(N(C)c2cc(F)cc(CCl)c2)CC1. The van der Waals surface area contributed by atoms with Crippen molar-refractivity contribution >= 4 is 17.3 Å². The number of hydrogen-bond donors (Lipinski definition) is 0. The van der Waals surface area contributed by atoms with Gasteiger partial charge in [-0.2, -0.15) is 0 Å². The third-order valence-corrected chi connectivity index (χ3v) is 4.05. The molecule has 2 nitrogen and oxygen atoms in total. The lowest BCUT2D eigenvalue weighted by atomic mass is 10.0. The summed E-state index contributed by atoms with van der Waals surface area (Å²) in [7, 11) is 4.19. The Hall–Kier alpha value is -0.800. The van der Waals surface area contributed by atoms with E-state index in [9.17, 15) is 4.39 Å². The summed E-state index contributed by atoms with van der Waals surface area (Å²) in [6.07, 6.45) is 2.25. The highest BCUT2D eigenvalue weighted by molar-refractivity contribution is 6.17. The van der Waals surface area contributed by atoms with Crippen molar-refractivity contribution in [3.63, 3.8) is 0 Å². The minimum atomic E-state index is -0.206. The van der Waals surface area contributed by atoms with Crippen LogP contribution >= 0.6 is 11.6 Å². The Morgan fingerprint density at radius 1 is 1.33 bits per heavy atom. The number of nitrogens with zero attached hydrogens (tertiary/aromatic N) is 2. The summed E-state index contributed by atoms with van der Waals surface area (Å²) in [5.41, 5.74) is 1.77. The molecule has 0 radical (unpaired) electrons. The van der Waals surface area contributed by atoms with E-state index in [0.29, 0.717) is 11.9 Å². The first kappa shape index (κ1) is 13.6. The Morgan fingerprint density at radius 3 is 2.61 bits per heavy atom. The van der Waals surface area contributed by atoms with Gasteiger partial charge in [0.05, 0.1) is 0 Å². The summed E-state index contributed by atoms with van der Waals surface area (Å²) < 4.78 is 13.5. The molecule has 2 rings (SSSR count). The van der Waals surface area contributed by atoms with Gasteiger partial charge in [-0.3, -0.25) is 0 Å². The van der Waals surface area contributed by atoms with Crippen molar-refractivity contribution in [2.75, 3.05) is 32.1 Å². The summed E-state index contributed by atoms with van der Waals surface area (Å²) in [6, 6.07) is 5.56. The zero-order chi connectivity index (χ0) is 13.1. The van der Waals surface area contributed by atoms with Crippen molar-refractivity contribution in [3.05, 3.63) is 29.6 Å². The first-order valence-electron chi connectivity index (χ1n) is 6.37. The van der Waals surface area contributed by atoms with Crippen LogP contribution in [0, 0.1) is 5.82 Å². The van der Waals surface area contributed by atoms with Crippen LogP contribution in [0.4, 0.5) is 10.1 Å². The van der Waals surface area contributed by atoms with Crippen LogP contribution in [0.3, 0.4) is 0 Å². The molecular formula is C14H20ClFN2. The van der Waals surface area contributed by atoms with E-state index in [1.807, 2.05) is 13.1 Å². The Morgan fingerprint density at radius 2 is 2.00 bits per heavy atom. The van der Waals surface area contributed by atoms with Crippen molar-refractivity contribution in [2.45, 2.75) is 24.8 Å². The number of rotatable bonds is 3. The van der Waals surface area contributed by atoms with Gasteiger partial charge in [-0.05, 0) is 56.7 Å². The van der Waals surface area contributed by atoms with Crippen LogP contribution in [-0.2, 0) is 5.88 Å². The predicted molar refractivity (Wildman–Crippen MR) is 74.9 cm³/mol. The average molecular weight is 271 g/mol. The Bertz CT molecular complexity index is 403. The second-order valence-corrected chi connectivity index (χ2v) is 5.36. The predicted octanol–water partition coefficient (Wildman–Crippen LogP) is 3.09. The third kappa shape index (κ3) is 3.15. The lowest BCUT2D eigenvalue weighted by Crippen LogP contribution is -2.42. The molecule has 1 aromatic rings. The van der Waals surface area contributed by atoms with Gasteiger partial charge in [-0.15, -0.1) is 11.6 Å². The zero-order valence-electron chi connectivity index (χ0n) is 11.0. The average Bonchev–Trinajstić information content (AvgIpc) is 2.38. The molecule has 0 N–H and O–H groups in total. The number of hydrogen-bond acceptors (Lipinski definition) is 2. The maximum atomic E-state index is 13.5. The van der Waals surface area contributed by atoms with E-state index in [0.717, 1.165) is 37.2 Å². The largest absolute Gasteiger partial charge is 0.371 e. The lowest BCUT2D eigenvalue weighted by Gasteiger charge is -2.36. The van der Waals surface area contributed by atoms with Gasteiger partial charge in [0.25, 0.3) is 0 Å². The van der Waals surface area contributed by atoms with Gasteiger partial charge in [-0.1, -0.05) is 0 Å². The quantitative estimate of drug-likeness (QED) is 0.779. The van der Waals surface area contributed by atoms with Crippen molar-refractivity contribution in [1.82, 2.24) is 4.90 Å². The molecular weight excluding hydrogens is 251 g/mol. The number of alkyl halides is 1. The summed E-state index contributed by atoms with van der Waals surface area (Å²) in [6.45, 7) is 2.21. The fraction of sp³-hybridized carbons (Fsp3) is 0.571. The highest BCUT2D eigenvalue weighted by Gasteiger charge is 2.21. The molecule has 1 fully saturated rings. The summed E-state index contributed by atoms with van der Waals surface area (Å²) in [5.74, 6) is 0.148.